The van der Waals surface area contributed by atoms with Gasteiger partial charge in [0.2, 0.25) is 5.91 Å². The fourth-order valence-electron chi connectivity index (χ4n) is 6.76. The van der Waals surface area contributed by atoms with Crippen molar-refractivity contribution in [3.05, 3.63) is 36.5 Å². The third kappa shape index (κ3) is 42.6. The number of hydrogen-bond donors (Lipinski definition) is 3. The van der Waals surface area contributed by atoms with Crippen LogP contribution >= 0.6 is 7.82 Å². The van der Waals surface area contributed by atoms with Crippen molar-refractivity contribution in [1.29, 1.82) is 0 Å². The molecule has 1 amide bonds. The summed E-state index contributed by atoms with van der Waals surface area (Å²) in [7, 11) is 1.55. The lowest BCUT2D eigenvalue weighted by Gasteiger charge is -2.25. The molecule has 336 valence electrons. The number of amides is 1. The Morgan fingerprint density at radius 3 is 1.40 bits per heavy atom. The fourth-order valence-corrected chi connectivity index (χ4v) is 7.49. The maximum Gasteiger partial charge on any atom is 0.472 e. The van der Waals surface area contributed by atoms with E-state index in [1.54, 1.807) is 6.08 Å². The molecule has 3 N–H and O–H groups in total. The Kier molecular flexibility index (Phi) is 39.2. The van der Waals surface area contributed by atoms with E-state index in [2.05, 4.69) is 43.5 Å². The number of allylic oxidation sites excluding steroid dienone is 5. The van der Waals surface area contributed by atoms with Gasteiger partial charge >= 0.3 is 7.82 Å². The Morgan fingerprint density at radius 2 is 0.965 bits per heavy atom. The first-order chi connectivity index (χ1) is 27.5. The monoisotopic (exact) mass is 826 g/mol. The summed E-state index contributed by atoms with van der Waals surface area (Å²) in [5, 5.41) is 13.8. The number of nitrogens with one attached hydrogen (secondary N) is 1. The van der Waals surface area contributed by atoms with Crippen LogP contribution in [-0.2, 0) is 18.4 Å². The molecule has 0 saturated heterocycles. The molecule has 0 radical (unpaired) electrons. The van der Waals surface area contributed by atoms with E-state index in [4.69, 9.17) is 9.05 Å². The Labute approximate surface area is 353 Å². The van der Waals surface area contributed by atoms with Crippen molar-refractivity contribution in [3.63, 3.8) is 0 Å². The number of hydrogen-bond acceptors (Lipinski definition) is 5. The molecule has 3 atom stereocenters. The number of nitrogens with zero attached hydrogens (tertiary/aromatic N) is 1. The molecule has 57 heavy (non-hydrogen) atoms. The topological polar surface area (TPSA) is 105 Å². The lowest BCUT2D eigenvalue weighted by Crippen LogP contribution is -2.45. The lowest BCUT2D eigenvalue weighted by atomic mass is 10.0. The smallest absolute Gasteiger partial charge is 0.387 e. The first-order valence-electron chi connectivity index (χ1n) is 23.9. The largest absolute Gasteiger partial charge is 0.472 e. The number of carbonyl (C=O) groups excluding carboxylic acids is 1. The second kappa shape index (κ2) is 40.1. The van der Waals surface area contributed by atoms with Crippen molar-refractivity contribution in [1.82, 2.24) is 5.32 Å². The summed E-state index contributed by atoms with van der Waals surface area (Å²) in [4.78, 5) is 23.1. The van der Waals surface area contributed by atoms with Crippen molar-refractivity contribution in [2.24, 2.45) is 0 Å². The number of unbranched alkanes of at least 4 members (excludes halogenated alkanes) is 26. The van der Waals surface area contributed by atoms with Crippen molar-refractivity contribution >= 4 is 13.7 Å². The Bertz CT molecular complexity index is 1030. The Balaban J connectivity index is 4.43. The Hall–Kier alpha value is -1.28. The summed E-state index contributed by atoms with van der Waals surface area (Å²) in [6.07, 6.45) is 49.3. The molecular formula is C48H94N2O6P+. The molecule has 9 heteroatoms. The minimum absolute atomic E-state index is 0.0547. The number of rotatable bonds is 43. The standard InChI is InChI=1S/C48H93N2O6P/c1-6-8-10-12-14-16-18-20-22-23-24-25-26-28-29-31-33-35-37-39-41-47(51)46(45-56-57(53,54)55-44-43-50(3,4)5)49-48(52)42-40-38-36-34-32-30-27-21-19-17-15-13-11-9-7-2/h21,27,31,33,39,41,46-47,51H,6-20,22-26,28-30,32,34-38,40,42-45H2,1-5H3,(H-,49,52,53,54)/p+1/b27-21-,33-31+,41-39+. The molecule has 0 aromatic rings. The normalized spacial score (nSPS) is 14.6. The number of quaternary nitrogens is 1. The molecule has 0 aromatic carbocycles. The predicted octanol–water partition coefficient (Wildman–Crippen LogP) is 13.5. The molecule has 0 saturated carbocycles. The van der Waals surface area contributed by atoms with Crippen LogP contribution in [0.2, 0.25) is 0 Å². The van der Waals surface area contributed by atoms with Gasteiger partial charge in [-0.15, -0.1) is 0 Å². The average Bonchev–Trinajstić information content (AvgIpc) is 3.16. The number of phosphoric acid groups is 1. The third-order valence-corrected chi connectivity index (χ3v) is 11.6. The molecule has 0 aliphatic carbocycles. The molecule has 0 bridgehead atoms. The van der Waals surface area contributed by atoms with Gasteiger partial charge < -0.3 is 19.8 Å². The van der Waals surface area contributed by atoms with Crippen LogP contribution in [0.1, 0.15) is 213 Å². The molecule has 0 aliphatic rings. The highest BCUT2D eigenvalue weighted by Gasteiger charge is 2.27. The number of carbonyl (C=O) groups is 1. The maximum atomic E-state index is 12.9. The highest BCUT2D eigenvalue weighted by atomic mass is 31.2. The van der Waals surface area contributed by atoms with Crippen LogP contribution in [0.3, 0.4) is 0 Å². The van der Waals surface area contributed by atoms with E-state index in [9.17, 15) is 19.4 Å². The van der Waals surface area contributed by atoms with Gasteiger partial charge in [-0.3, -0.25) is 13.8 Å². The third-order valence-electron chi connectivity index (χ3n) is 10.6. The maximum absolute atomic E-state index is 12.9. The van der Waals surface area contributed by atoms with Crippen molar-refractivity contribution in [3.8, 4) is 0 Å². The zero-order chi connectivity index (χ0) is 42.1. The SMILES string of the molecule is CCCCCCCC/C=C\CCCCCCCC(=O)NC(COP(=O)(O)OCC[N+](C)(C)C)C(O)/C=C/CC/C=C/CCCCCCCCCCCCCCCC. The van der Waals surface area contributed by atoms with Gasteiger partial charge in [-0.05, 0) is 57.8 Å². The van der Waals surface area contributed by atoms with Gasteiger partial charge in [-0.1, -0.05) is 185 Å². The molecule has 0 rings (SSSR count). The van der Waals surface area contributed by atoms with Crippen LogP contribution in [0, 0.1) is 0 Å². The van der Waals surface area contributed by atoms with Gasteiger partial charge in [0, 0.05) is 6.42 Å². The van der Waals surface area contributed by atoms with Gasteiger partial charge in [0.1, 0.15) is 13.2 Å². The van der Waals surface area contributed by atoms with Crippen molar-refractivity contribution in [2.45, 2.75) is 225 Å². The summed E-state index contributed by atoms with van der Waals surface area (Å²) in [6, 6.07) is -0.866. The van der Waals surface area contributed by atoms with Gasteiger partial charge in [0.05, 0.1) is 39.9 Å². The Morgan fingerprint density at radius 1 is 0.579 bits per heavy atom. The second-order valence-electron chi connectivity index (χ2n) is 17.5. The number of phosphoric ester groups is 1. The minimum Gasteiger partial charge on any atom is -0.387 e. The zero-order valence-corrected chi connectivity index (χ0v) is 39.0. The number of aliphatic hydroxyl groups excluding tert-OH is 1. The summed E-state index contributed by atoms with van der Waals surface area (Å²) < 4.78 is 23.6. The van der Waals surface area contributed by atoms with Crippen LogP contribution in [0.25, 0.3) is 0 Å². The molecule has 8 nitrogen and oxygen atoms in total. The average molecular weight is 826 g/mol. The van der Waals surface area contributed by atoms with E-state index >= 15 is 0 Å². The summed E-state index contributed by atoms with van der Waals surface area (Å²) in [6.45, 7) is 4.79. The van der Waals surface area contributed by atoms with E-state index < -0.39 is 20.0 Å². The van der Waals surface area contributed by atoms with Crippen LogP contribution in [0.4, 0.5) is 0 Å². The molecule has 0 aliphatic heterocycles. The van der Waals surface area contributed by atoms with Gasteiger partial charge in [-0.25, -0.2) is 4.57 Å². The van der Waals surface area contributed by atoms with Crippen LogP contribution < -0.4 is 5.32 Å². The molecule has 0 aromatic heterocycles. The van der Waals surface area contributed by atoms with Gasteiger partial charge in [-0.2, -0.15) is 0 Å². The van der Waals surface area contributed by atoms with Gasteiger partial charge in [0.25, 0.3) is 0 Å². The van der Waals surface area contributed by atoms with E-state index in [0.717, 1.165) is 51.4 Å². The number of likely N-dealkylation sites (N-methyl/N-ethyl adjacent to an activating group) is 1. The van der Waals surface area contributed by atoms with E-state index in [-0.39, 0.29) is 19.1 Å². The van der Waals surface area contributed by atoms with Crippen molar-refractivity contribution in [2.75, 3.05) is 40.9 Å². The summed E-state index contributed by atoms with van der Waals surface area (Å²) >= 11 is 0. The van der Waals surface area contributed by atoms with E-state index in [1.807, 2.05) is 27.2 Å². The highest BCUT2D eigenvalue weighted by molar-refractivity contribution is 7.47. The molecule has 0 fully saturated rings. The van der Waals surface area contributed by atoms with Gasteiger partial charge in [0.15, 0.2) is 0 Å². The van der Waals surface area contributed by atoms with Crippen LogP contribution in [0.5, 0.6) is 0 Å². The summed E-state index contributed by atoms with van der Waals surface area (Å²) in [5.74, 6) is -0.196. The molecular weight excluding hydrogens is 732 g/mol. The fraction of sp³-hybridized carbons (Fsp3) is 0.854. The quantitative estimate of drug-likeness (QED) is 0.0245. The van der Waals surface area contributed by atoms with E-state index in [1.165, 1.54) is 141 Å². The predicted molar refractivity (Wildman–Crippen MR) is 244 cm³/mol. The molecule has 0 spiro atoms. The highest BCUT2D eigenvalue weighted by Crippen LogP contribution is 2.43. The first kappa shape index (κ1) is 55.7. The first-order valence-corrected chi connectivity index (χ1v) is 25.4. The van der Waals surface area contributed by atoms with Crippen LogP contribution in [-0.4, -0.2) is 73.4 Å². The second-order valence-corrected chi connectivity index (χ2v) is 18.9. The van der Waals surface area contributed by atoms with E-state index in [0.29, 0.717) is 17.4 Å². The van der Waals surface area contributed by atoms with Crippen LogP contribution in [0.15, 0.2) is 36.5 Å². The lowest BCUT2D eigenvalue weighted by molar-refractivity contribution is -0.870. The van der Waals surface area contributed by atoms with Crippen molar-refractivity contribution < 1.29 is 32.9 Å². The zero-order valence-electron chi connectivity index (χ0n) is 38.1. The summed E-state index contributed by atoms with van der Waals surface area (Å²) in [5.41, 5.74) is 0. The molecule has 0 heterocycles. The number of aliphatic hydroxyl groups is 1. The molecule has 3 unspecified atom stereocenters. The minimum atomic E-state index is -4.35.